The zero-order valence-electron chi connectivity index (χ0n) is 35.5. The molecule has 0 spiro atoms. The smallest absolute Gasteiger partial charge is 0.125 e. The number of anilines is 6. The van der Waals surface area contributed by atoms with Crippen molar-refractivity contribution in [1.82, 2.24) is 0 Å². The van der Waals surface area contributed by atoms with Gasteiger partial charge < -0.3 is 9.80 Å². The molecule has 0 N–H and O–H groups in total. The maximum atomic E-state index is 15.3. The van der Waals surface area contributed by atoms with E-state index < -0.39 is 16.1 Å². The van der Waals surface area contributed by atoms with E-state index in [4.69, 9.17) is 0 Å². The molecular weight excluding hydrogens is 783 g/mol. The third-order valence-corrected chi connectivity index (χ3v) is 23.0. The summed E-state index contributed by atoms with van der Waals surface area (Å²) in [6.45, 7) is 15.4. The van der Waals surface area contributed by atoms with E-state index in [9.17, 15) is 4.39 Å². The van der Waals surface area contributed by atoms with Gasteiger partial charge >= 0.3 is 0 Å². The Labute approximate surface area is 359 Å². The van der Waals surface area contributed by atoms with Crippen molar-refractivity contribution in [2.45, 2.75) is 43.9 Å². The molecule has 0 aliphatic heterocycles. The largest absolute Gasteiger partial charge is 0.310 e. The molecule has 0 amide bonds. The lowest BCUT2D eigenvalue weighted by molar-refractivity contribution is 0.627. The van der Waals surface area contributed by atoms with Gasteiger partial charge in [-0.05, 0) is 128 Å². The van der Waals surface area contributed by atoms with Crippen LogP contribution < -0.4 is 9.80 Å². The van der Waals surface area contributed by atoms with Gasteiger partial charge in [-0.15, -0.1) is 0 Å². The van der Waals surface area contributed by atoms with Crippen molar-refractivity contribution in [2.75, 3.05) is 9.80 Å². The van der Waals surface area contributed by atoms with Gasteiger partial charge in [-0.1, -0.05) is 142 Å². The normalized spacial score (nSPS) is 13.4. The second kappa shape index (κ2) is 14.4. The Hall–Kier alpha value is -6.35. The predicted molar refractivity (Wildman–Crippen MR) is 261 cm³/mol. The SMILES string of the molecule is C[Si](C)(C)C1([Si](C)(C)C)c2cc(N(c3ccccc3)c3cccc(F)c3)c3ccccc3c2-c2c1c1ccc(N(c3ccccc3)c3cccc(F)c3)cc1c1ccccc21. The molecule has 9 aromatic carbocycles. The molecule has 0 fully saturated rings. The van der Waals surface area contributed by atoms with Gasteiger partial charge in [0.1, 0.15) is 11.6 Å². The summed E-state index contributed by atoms with van der Waals surface area (Å²) in [5.74, 6) is -0.541. The van der Waals surface area contributed by atoms with Crippen molar-refractivity contribution in [3.63, 3.8) is 0 Å². The summed E-state index contributed by atoms with van der Waals surface area (Å²) >= 11 is 0. The highest BCUT2D eigenvalue weighted by atomic mass is 28.4. The summed E-state index contributed by atoms with van der Waals surface area (Å²) in [6, 6.07) is 61.7. The van der Waals surface area contributed by atoms with Gasteiger partial charge in [0, 0.05) is 38.5 Å². The second-order valence-electron chi connectivity index (χ2n) is 18.4. The molecule has 10 rings (SSSR count). The first-order valence-corrected chi connectivity index (χ1v) is 28.2. The molecule has 1 aliphatic rings. The number of nitrogens with zero attached hydrogens (tertiary/aromatic N) is 2. The molecule has 2 nitrogen and oxygen atoms in total. The summed E-state index contributed by atoms with van der Waals surface area (Å²) in [5.41, 5.74) is 11.0. The zero-order chi connectivity index (χ0) is 42.3. The monoisotopic (exact) mass is 830 g/mol. The first-order valence-electron chi connectivity index (χ1n) is 21.2. The van der Waals surface area contributed by atoms with Gasteiger partial charge in [0.25, 0.3) is 0 Å². The molecule has 9 aromatic rings. The van der Waals surface area contributed by atoms with Crippen LogP contribution in [-0.2, 0) is 4.66 Å². The molecule has 61 heavy (non-hydrogen) atoms. The van der Waals surface area contributed by atoms with Crippen LogP contribution in [0.3, 0.4) is 0 Å². The van der Waals surface area contributed by atoms with Gasteiger partial charge in [-0.3, -0.25) is 0 Å². The minimum Gasteiger partial charge on any atom is -0.310 e. The van der Waals surface area contributed by atoms with Crippen molar-refractivity contribution in [1.29, 1.82) is 0 Å². The van der Waals surface area contributed by atoms with Crippen LogP contribution in [0.5, 0.6) is 0 Å². The quantitative estimate of drug-likeness (QED) is 0.111. The van der Waals surface area contributed by atoms with Gasteiger partial charge in [0.15, 0.2) is 0 Å². The Bertz CT molecular complexity index is 3140. The van der Waals surface area contributed by atoms with Crippen LogP contribution in [0.2, 0.25) is 39.3 Å². The number of rotatable bonds is 8. The first kappa shape index (κ1) is 38.8. The molecule has 0 saturated carbocycles. The topological polar surface area (TPSA) is 6.48 Å². The molecule has 0 saturated heterocycles. The first-order chi connectivity index (χ1) is 29.4. The summed E-state index contributed by atoms with van der Waals surface area (Å²) in [4.78, 5) is 4.41. The maximum Gasteiger partial charge on any atom is 0.125 e. The van der Waals surface area contributed by atoms with Crippen molar-refractivity contribution in [3.05, 3.63) is 205 Å². The van der Waals surface area contributed by atoms with Crippen LogP contribution >= 0.6 is 0 Å². The predicted octanol–water partition coefficient (Wildman–Crippen LogP) is 16.4. The maximum absolute atomic E-state index is 15.3. The molecule has 300 valence electrons. The molecule has 0 bridgehead atoms. The molecule has 0 aromatic heterocycles. The van der Waals surface area contributed by atoms with E-state index in [0.29, 0.717) is 0 Å². The van der Waals surface area contributed by atoms with E-state index >= 15 is 4.39 Å². The number of hydrogen-bond acceptors (Lipinski definition) is 2. The van der Waals surface area contributed by atoms with E-state index in [1.807, 2.05) is 36.4 Å². The molecule has 0 radical (unpaired) electrons. The average Bonchev–Trinajstić information content (AvgIpc) is 3.58. The highest BCUT2D eigenvalue weighted by Crippen LogP contribution is 2.64. The minimum atomic E-state index is -2.25. The Kier molecular flexibility index (Phi) is 9.16. The zero-order valence-corrected chi connectivity index (χ0v) is 37.5. The average molecular weight is 831 g/mol. The van der Waals surface area contributed by atoms with E-state index in [0.717, 1.165) is 39.5 Å². The van der Waals surface area contributed by atoms with Crippen LogP contribution in [0.1, 0.15) is 11.1 Å². The lowest BCUT2D eigenvalue weighted by atomic mass is 9.89. The standard InChI is InChI=1S/C55H48F2N2Si2/c1-60(2,3)55(61(4,5)6)50-36-51(59(40-23-11-8-12-24-40)42-26-18-20-38(57)34-42)45-28-14-16-30-47(45)52(50)53-46-29-15-13-27-44(46)49-35-43(31-32-48(49)54(53)55)58(39-21-9-7-10-22-39)41-25-17-19-37(56)33-41/h7-36H,1-6H3. The van der Waals surface area contributed by atoms with Crippen molar-refractivity contribution in [3.8, 4) is 11.1 Å². The highest BCUT2D eigenvalue weighted by Gasteiger charge is 2.60. The fourth-order valence-electron chi connectivity index (χ4n) is 11.1. The number of halogens is 2. The lowest BCUT2D eigenvalue weighted by Crippen LogP contribution is -2.63. The molecule has 0 heterocycles. The molecule has 1 aliphatic carbocycles. The molecular formula is C55H48F2N2Si2. The summed E-state index contributed by atoms with van der Waals surface area (Å²) in [6.07, 6.45) is 0. The Balaban J connectivity index is 1.36. The van der Waals surface area contributed by atoms with Crippen LogP contribution in [0, 0.1) is 11.6 Å². The summed E-state index contributed by atoms with van der Waals surface area (Å²) < 4.78 is 30.0. The van der Waals surface area contributed by atoms with Crippen LogP contribution in [0.4, 0.5) is 42.9 Å². The van der Waals surface area contributed by atoms with Gasteiger partial charge in [0.2, 0.25) is 0 Å². The van der Waals surface area contributed by atoms with Crippen molar-refractivity contribution >= 4 is 82.6 Å². The van der Waals surface area contributed by atoms with Crippen LogP contribution in [0.25, 0.3) is 43.4 Å². The number of benzene rings is 9. The van der Waals surface area contributed by atoms with Gasteiger partial charge in [-0.25, -0.2) is 8.78 Å². The Morgan fingerprint density at radius 2 is 0.820 bits per heavy atom. The number of fused-ring (bicyclic) bond motifs is 10. The third kappa shape index (κ3) is 5.99. The van der Waals surface area contributed by atoms with Crippen LogP contribution in [0.15, 0.2) is 182 Å². The van der Waals surface area contributed by atoms with Crippen LogP contribution in [-0.4, -0.2) is 16.1 Å². The van der Waals surface area contributed by atoms with E-state index in [1.165, 1.54) is 61.3 Å². The molecule has 6 heteroatoms. The van der Waals surface area contributed by atoms with E-state index in [1.54, 1.807) is 24.3 Å². The number of hydrogen-bond donors (Lipinski definition) is 0. The van der Waals surface area contributed by atoms with Gasteiger partial charge in [-0.2, -0.15) is 0 Å². The second-order valence-corrected chi connectivity index (χ2v) is 29.4. The molecule has 0 atom stereocenters. The fourth-order valence-corrected chi connectivity index (χ4v) is 24.2. The van der Waals surface area contributed by atoms with Gasteiger partial charge in [0.05, 0.1) is 21.8 Å². The van der Waals surface area contributed by atoms with Crippen molar-refractivity contribution in [2.24, 2.45) is 0 Å². The highest BCUT2D eigenvalue weighted by molar-refractivity contribution is 7.00. The Morgan fingerprint density at radius 3 is 1.38 bits per heavy atom. The fraction of sp³-hybridized carbons (Fsp3) is 0.127. The minimum absolute atomic E-state index is 0.251. The Morgan fingerprint density at radius 1 is 0.361 bits per heavy atom. The summed E-state index contributed by atoms with van der Waals surface area (Å²) in [5, 5.41) is 7.21. The third-order valence-electron chi connectivity index (χ3n) is 13.0. The van der Waals surface area contributed by atoms with E-state index in [2.05, 4.69) is 158 Å². The lowest BCUT2D eigenvalue weighted by Gasteiger charge is -2.52. The molecule has 0 unspecified atom stereocenters. The summed E-state index contributed by atoms with van der Waals surface area (Å²) in [7, 11) is -4.49. The van der Waals surface area contributed by atoms with Crippen molar-refractivity contribution < 1.29 is 8.78 Å². The van der Waals surface area contributed by atoms with E-state index in [-0.39, 0.29) is 16.3 Å². The number of para-hydroxylation sites is 2.